The molecule has 5 heteroatoms. The Balaban J connectivity index is 1.99. The number of hydrogen-bond acceptors (Lipinski definition) is 3. The van der Waals surface area contributed by atoms with Gasteiger partial charge in [0.05, 0.1) is 28.5 Å². The molecule has 0 aliphatic heterocycles. The summed E-state index contributed by atoms with van der Waals surface area (Å²) in [4.78, 5) is 0. The quantitative estimate of drug-likeness (QED) is 0.734. The summed E-state index contributed by atoms with van der Waals surface area (Å²) in [6, 6.07) is 14.8. The topological polar surface area (TPSA) is 67.6 Å². The number of nitrogens with two attached hydrogens (primary N) is 1. The Bertz CT molecular complexity index is 828. The van der Waals surface area contributed by atoms with Crippen LogP contribution in [0.2, 0.25) is 5.02 Å². The van der Waals surface area contributed by atoms with E-state index in [9.17, 15) is 0 Å². The molecule has 0 unspecified atom stereocenters. The maximum absolute atomic E-state index is 8.86. The van der Waals surface area contributed by atoms with Crippen LogP contribution in [0.4, 0.5) is 5.69 Å². The zero-order valence-corrected chi connectivity index (χ0v) is 11.7. The number of anilines is 1. The van der Waals surface area contributed by atoms with Crippen LogP contribution >= 0.6 is 11.6 Å². The van der Waals surface area contributed by atoms with Crippen molar-refractivity contribution < 1.29 is 0 Å². The van der Waals surface area contributed by atoms with Gasteiger partial charge < -0.3 is 5.73 Å². The second-order valence-corrected chi connectivity index (χ2v) is 4.98. The Labute approximate surface area is 127 Å². The van der Waals surface area contributed by atoms with Gasteiger partial charge in [0.2, 0.25) is 0 Å². The van der Waals surface area contributed by atoms with Gasteiger partial charge in [-0.25, -0.2) is 4.68 Å². The van der Waals surface area contributed by atoms with Crippen LogP contribution in [0.1, 0.15) is 5.56 Å². The molecule has 21 heavy (non-hydrogen) atoms. The van der Waals surface area contributed by atoms with Crippen LogP contribution in [0, 0.1) is 11.3 Å². The summed E-state index contributed by atoms with van der Waals surface area (Å²) >= 11 is 6.19. The fourth-order valence-corrected chi connectivity index (χ4v) is 2.31. The van der Waals surface area contributed by atoms with Crippen LogP contribution in [0.15, 0.2) is 54.9 Å². The molecule has 0 radical (unpaired) electrons. The number of nitrogen functional groups attached to an aromatic ring is 1. The molecule has 3 rings (SSSR count). The third-order valence-electron chi connectivity index (χ3n) is 3.15. The number of aromatic nitrogens is 2. The van der Waals surface area contributed by atoms with Gasteiger partial charge in [0.1, 0.15) is 0 Å². The molecule has 0 bridgehead atoms. The van der Waals surface area contributed by atoms with Crippen LogP contribution in [0.3, 0.4) is 0 Å². The smallest absolute Gasteiger partial charge is 0.0992 e. The van der Waals surface area contributed by atoms with E-state index in [1.807, 2.05) is 30.5 Å². The van der Waals surface area contributed by atoms with E-state index in [4.69, 9.17) is 22.6 Å². The standard InChI is InChI=1S/C16H11ClN4/c17-15-7-11(8-18)1-6-16(15)21-10-13(9-20-21)12-2-4-14(19)5-3-12/h1-7,9-10H,19H2. The lowest BCUT2D eigenvalue weighted by atomic mass is 10.1. The van der Waals surface area contributed by atoms with Crippen molar-refractivity contribution in [3.8, 4) is 22.9 Å². The van der Waals surface area contributed by atoms with E-state index in [-0.39, 0.29) is 0 Å². The van der Waals surface area contributed by atoms with Crippen molar-refractivity contribution >= 4 is 17.3 Å². The second kappa shape index (κ2) is 5.31. The highest BCUT2D eigenvalue weighted by Crippen LogP contribution is 2.25. The van der Waals surface area contributed by atoms with Gasteiger partial charge in [-0.15, -0.1) is 0 Å². The lowest BCUT2D eigenvalue weighted by Crippen LogP contribution is -1.95. The Hall–Kier alpha value is -2.77. The summed E-state index contributed by atoms with van der Waals surface area (Å²) in [5.74, 6) is 0. The van der Waals surface area contributed by atoms with Crippen molar-refractivity contribution in [1.29, 1.82) is 5.26 Å². The summed E-state index contributed by atoms with van der Waals surface area (Å²) in [5, 5.41) is 13.7. The van der Waals surface area contributed by atoms with Gasteiger partial charge in [0.25, 0.3) is 0 Å². The molecule has 0 aliphatic rings. The van der Waals surface area contributed by atoms with Crippen molar-refractivity contribution in [2.75, 3.05) is 5.73 Å². The van der Waals surface area contributed by atoms with Crippen LogP contribution in [0.5, 0.6) is 0 Å². The monoisotopic (exact) mass is 294 g/mol. The van der Waals surface area contributed by atoms with E-state index in [0.717, 1.165) is 22.5 Å². The van der Waals surface area contributed by atoms with Crippen molar-refractivity contribution in [3.05, 3.63) is 65.4 Å². The maximum Gasteiger partial charge on any atom is 0.0992 e. The third kappa shape index (κ3) is 2.60. The molecule has 4 nitrogen and oxygen atoms in total. The molecule has 3 aromatic rings. The van der Waals surface area contributed by atoms with Crippen LogP contribution < -0.4 is 5.73 Å². The maximum atomic E-state index is 8.86. The van der Waals surface area contributed by atoms with E-state index in [0.29, 0.717) is 10.6 Å². The van der Waals surface area contributed by atoms with Crippen LogP contribution in [0.25, 0.3) is 16.8 Å². The van der Waals surface area contributed by atoms with Gasteiger partial charge >= 0.3 is 0 Å². The summed E-state index contributed by atoms with van der Waals surface area (Å²) < 4.78 is 1.69. The summed E-state index contributed by atoms with van der Waals surface area (Å²) in [6.07, 6.45) is 3.65. The summed E-state index contributed by atoms with van der Waals surface area (Å²) in [6.45, 7) is 0. The van der Waals surface area contributed by atoms with Gasteiger partial charge in [0, 0.05) is 17.4 Å². The average molecular weight is 295 g/mol. The number of nitrogens with zero attached hydrogens (tertiary/aromatic N) is 3. The van der Waals surface area contributed by atoms with Gasteiger partial charge in [0.15, 0.2) is 0 Å². The molecule has 0 amide bonds. The predicted octanol–water partition coefficient (Wildman–Crippen LogP) is 3.65. The molecule has 1 heterocycles. The first-order valence-corrected chi connectivity index (χ1v) is 6.66. The highest BCUT2D eigenvalue weighted by Gasteiger charge is 2.07. The molecule has 2 N–H and O–H groups in total. The predicted molar refractivity (Wildman–Crippen MR) is 83.1 cm³/mol. The van der Waals surface area contributed by atoms with Gasteiger partial charge in [-0.3, -0.25) is 0 Å². The molecular formula is C16H11ClN4. The molecule has 1 aromatic heterocycles. The highest BCUT2D eigenvalue weighted by atomic mass is 35.5. The normalized spacial score (nSPS) is 10.3. The van der Waals surface area contributed by atoms with E-state index >= 15 is 0 Å². The van der Waals surface area contributed by atoms with Gasteiger partial charge in [-0.2, -0.15) is 10.4 Å². The van der Waals surface area contributed by atoms with Crippen molar-refractivity contribution in [3.63, 3.8) is 0 Å². The first-order valence-electron chi connectivity index (χ1n) is 6.28. The molecule has 0 atom stereocenters. The minimum atomic E-state index is 0.487. The molecule has 0 saturated heterocycles. The molecular weight excluding hydrogens is 284 g/mol. The number of hydrogen-bond donors (Lipinski definition) is 1. The SMILES string of the molecule is N#Cc1ccc(-n2cc(-c3ccc(N)cc3)cn2)c(Cl)c1. The van der Waals surface area contributed by atoms with E-state index in [1.165, 1.54) is 0 Å². The first-order chi connectivity index (χ1) is 10.2. The Morgan fingerprint density at radius 3 is 2.52 bits per heavy atom. The van der Waals surface area contributed by atoms with Crippen LogP contribution in [-0.4, -0.2) is 9.78 Å². The molecule has 0 spiro atoms. The Kier molecular flexibility index (Phi) is 3.35. The zero-order chi connectivity index (χ0) is 14.8. The van der Waals surface area contributed by atoms with Crippen molar-refractivity contribution in [2.24, 2.45) is 0 Å². The molecule has 2 aromatic carbocycles. The highest BCUT2D eigenvalue weighted by molar-refractivity contribution is 6.32. The number of halogens is 1. The number of benzene rings is 2. The largest absolute Gasteiger partial charge is 0.399 e. The second-order valence-electron chi connectivity index (χ2n) is 4.57. The molecule has 102 valence electrons. The van der Waals surface area contributed by atoms with Crippen molar-refractivity contribution in [1.82, 2.24) is 9.78 Å². The molecule has 0 aliphatic carbocycles. The summed E-state index contributed by atoms with van der Waals surface area (Å²) in [7, 11) is 0. The van der Waals surface area contributed by atoms with E-state index < -0.39 is 0 Å². The van der Waals surface area contributed by atoms with E-state index in [2.05, 4.69) is 11.2 Å². The van der Waals surface area contributed by atoms with Gasteiger partial charge in [-0.05, 0) is 35.9 Å². The minimum absolute atomic E-state index is 0.487. The van der Waals surface area contributed by atoms with Crippen LogP contribution in [-0.2, 0) is 0 Å². The molecule has 0 saturated carbocycles. The fourth-order valence-electron chi connectivity index (χ4n) is 2.04. The fraction of sp³-hybridized carbons (Fsp3) is 0. The van der Waals surface area contributed by atoms with E-state index in [1.54, 1.807) is 29.1 Å². The lowest BCUT2D eigenvalue weighted by molar-refractivity contribution is 0.880. The minimum Gasteiger partial charge on any atom is -0.399 e. The summed E-state index contributed by atoms with van der Waals surface area (Å²) in [5.41, 5.74) is 9.66. The average Bonchev–Trinajstić information content (AvgIpc) is 2.97. The number of nitriles is 1. The first kappa shape index (κ1) is 13.2. The number of rotatable bonds is 2. The Morgan fingerprint density at radius 2 is 1.86 bits per heavy atom. The molecule has 0 fully saturated rings. The van der Waals surface area contributed by atoms with Gasteiger partial charge in [-0.1, -0.05) is 23.7 Å². The Morgan fingerprint density at radius 1 is 1.10 bits per heavy atom. The zero-order valence-electron chi connectivity index (χ0n) is 11.0. The lowest BCUT2D eigenvalue weighted by Gasteiger charge is -2.04. The van der Waals surface area contributed by atoms with Crippen molar-refractivity contribution in [2.45, 2.75) is 0 Å². The third-order valence-corrected chi connectivity index (χ3v) is 3.45.